The van der Waals surface area contributed by atoms with Crippen molar-refractivity contribution in [1.29, 1.82) is 0 Å². The minimum absolute atomic E-state index is 0.123. The van der Waals surface area contributed by atoms with Gasteiger partial charge in [0, 0.05) is 11.1 Å². The Morgan fingerprint density at radius 1 is 1.31 bits per heavy atom. The van der Waals surface area contributed by atoms with Gasteiger partial charge in [0.25, 0.3) is 0 Å². The van der Waals surface area contributed by atoms with E-state index in [1.54, 1.807) is 7.11 Å². The SMILES string of the molecule is COc1c2c(cc3ccccc13)CSC2=O. The van der Waals surface area contributed by atoms with Crippen molar-refractivity contribution in [3.8, 4) is 5.75 Å². The van der Waals surface area contributed by atoms with Crippen LogP contribution in [0.25, 0.3) is 10.8 Å². The molecular formula is C13H10O2S. The molecule has 0 unspecified atom stereocenters. The normalized spacial score (nSPS) is 14.2. The van der Waals surface area contributed by atoms with Crippen molar-refractivity contribution in [3.05, 3.63) is 41.5 Å². The van der Waals surface area contributed by atoms with Crippen LogP contribution in [0.1, 0.15) is 15.9 Å². The summed E-state index contributed by atoms with van der Waals surface area (Å²) in [7, 11) is 1.62. The van der Waals surface area contributed by atoms with E-state index in [-0.39, 0.29) is 5.12 Å². The standard InChI is InChI=1S/C13H10O2S/c1-15-12-10-5-3-2-4-8(10)6-9-7-16-13(14)11(9)12/h2-6H,7H2,1H3. The van der Waals surface area contributed by atoms with Gasteiger partial charge in [0.1, 0.15) is 5.75 Å². The number of ether oxygens (including phenoxy) is 1. The molecule has 0 aromatic heterocycles. The maximum atomic E-state index is 11.8. The van der Waals surface area contributed by atoms with E-state index in [1.165, 1.54) is 11.8 Å². The van der Waals surface area contributed by atoms with E-state index in [2.05, 4.69) is 6.07 Å². The number of carbonyl (C=O) groups is 1. The molecule has 80 valence electrons. The number of rotatable bonds is 1. The number of carbonyl (C=O) groups excluding carboxylic acids is 1. The van der Waals surface area contributed by atoms with Crippen LogP contribution in [0.15, 0.2) is 30.3 Å². The summed E-state index contributed by atoms with van der Waals surface area (Å²) in [4.78, 5) is 11.8. The van der Waals surface area contributed by atoms with Crippen LogP contribution in [0, 0.1) is 0 Å². The average Bonchev–Trinajstić information content (AvgIpc) is 2.68. The molecule has 3 heteroatoms. The average molecular weight is 230 g/mol. The van der Waals surface area contributed by atoms with Crippen LogP contribution in [0.2, 0.25) is 0 Å². The second-order valence-corrected chi connectivity index (χ2v) is 4.69. The van der Waals surface area contributed by atoms with Crippen LogP contribution in [0.4, 0.5) is 0 Å². The molecule has 0 atom stereocenters. The van der Waals surface area contributed by atoms with Crippen molar-refractivity contribution in [2.45, 2.75) is 5.75 Å². The highest BCUT2D eigenvalue weighted by atomic mass is 32.2. The first kappa shape index (κ1) is 9.73. The smallest absolute Gasteiger partial charge is 0.223 e. The lowest BCUT2D eigenvalue weighted by Crippen LogP contribution is -1.96. The molecule has 0 N–H and O–H groups in total. The maximum Gasteiger partial charge on any atom is 0.223 e. The number of methoxy groups -OCH3 is 1. The van der Waals surface area contributed by atoms with Gasteiger partial charge >= 0.3 is 0 Å². The van der Waals surface area contributed by atoms with E-state index in [1.807, 2.05) is 24.3 Å². The lowest BCUT2D eigenvalue weighted by molar-refractivity contribution is 0.108. The zero-order chi connectivity index (χ0) is 11.1. The topological polar surface area (TPSA) is 26.3 Å². The van der Waals surface area contributed by atoms with E-state index in [0.29, 0.717) is 0 Å². The molecule has 1 heterocycles. The van der Waals surface area contributed by atoms with Gasteiger partial charge in [-0.15, -0.1) is 0 Å². The highest BCUT2D eigenvalue weighted by molar-refractivity contribution is 8.13. The summed E-state index contributed by atoms with van der Waals surface area (Å²) in [6.45, 7) is 0. The van der Waals surface area contributed by atoms with Crippen molar-refractivity contribution in [3.63, 3.8) is 0 Å². The minimum atomic E-state index is 0.123. The fourth-order valence-corrected chi connectivity index (χ4v) is 3.02. The predicted molar refractivity (Wildman–Crippen MR) is 66.1 cm³/mol. The number of benzene rings is 2. The molecule has 0 radical (unpaired) electrons. The number of hydrogen-bond acceptors (Lipinski definition) is 3. The van der Waals surface area contributed by atoms with E-state index < -0.39 is 0 Å². The molecule has 0 saturated heterocycles. The number of hydrogen-bond donors (Lipinski definition) is 0. The molecule has 0 bridgehead atoms. The highest BCUT2D eigenvalue weighted by Gasteiger charge is 2.26. The molecule has 0 saturated carbocycles. The van der Waals surface area contributed by atoms with Gasteiger partial charge in [0.15, 0.2) is 0 Å². The third-order valence-corrected chi connectivity index (χ3v) is 3.77. The zero-order valence-electron chi connectivity index (χ0n) is 8.82. The Balaban J connectivity index is 2.44. The van der Waals surface area contributed by atoms with Crippen molar-refractivity contribution in [2.75, 3.05) is 7.11 Å². The number of thioether (sulfide) groups is 1. The first-order valence-corrected chi connectivity index (χ1v) is 6.05. The second kappa shape index (κ2) is 3.52. The Labute approximate surface area is 97.6 Å². The van der Waals surface area contributed by atoms with Crippen LogP contribution in [-0.2, 0) is 5.75 Å². The van der Waals surface area contributed by atoms with Crippen molar-refractivity contribution < 1.29 is 9.53 Å². The Morgan fingerprint density at radius 3 is 2.94 bits per heavy atom. The van der Waals surface area contributed by atoms with Gasteiger partial charge in [-0.2, -0.15) is 0 Å². The molecule has 0 fully saturated rings. The predicted octanol–water partition coefficient (Wildman–Crippen LogP) is 3.24. The van der Waals surface area contributed by atoms with E-state index >= 15 is 0 Å². The lowest BCUT2D eigenvalue weighted by atomic mass is 10.0. The van der Waals surface area contributed by atoms with Crippen molar-refractivity contribution in [1.82, 2.24) is 0 Å². The van der Waals surface area contributed by atoms with Crippen LogP contribution in [-0.4, -0.2) is 12.2 Å². The Bertz CT molecular complexity index is 590. The molecule has 16 heavy (non-hydrogen) atoms. The Morgan fingerprint density at radius 2 is 2.12 bits per heavy atom. The van der Waals surface area contributed by atoms with Gasteiger partial charge in [-0.1, -0.05) is 36.0 Å². The summed E-state index contributed by atoms with van der Waals surface area (Å²) in [5.41, 5.74) is 1.84. The molecule has 2 aromatic carbocycles. The van der Waals surface area contributed by atoms with Gasteiger partial charge in [0.05, 0.1) is 12.7 Å². The summed E-state index contributed by atoms with van der Waals surface area (Å²) in [5, 5.41) is 2.27. The fourth-order valence-electron chi connectivity index (χ4n) is 2.14. The largest absolute Gasteiger partial charge is 0.495 e. The molecule has 1 aliphatic heterocycles. The summed E-state index contributed by atoms with van der Waals surface area (Å²) in [5.74, 6) is 1.48. The molecule has 2 aromatic rings. The summed E-state index contributed by atoms with van der Waals surface area (Å²) < 4.78 is 5.41. The molecule has 2 nitrogen and oxygen atoms in total. The molecule has 0 spiro atoms. The minimum Gasteiger partial charge on any atom is -0.495 e. The van der Waals surface area contributed by atoms with Crippen LogP contribution >= 0.6 is 11.8 Å². The molecular weight excluding hydrogens is 220 g/mol. The van der Waals surface area contributed by atoms with E-state index in [4.69, 9.17) is 4.74 Å². The van der Waals surface area contributed by atoms with E-state index in [0.717, 1.165) is 33.4 Å². The van der Waals surface area contributed by atoms with Crippen LogP contribution in [0.5, 0.6) is 5.75 Å². The zero-order valence-corrected chi connectivity index (χ0v) is 9.64. The third-order valence-electron chi connectivity index (χ3n) is 2.85. The molecule has 0 aliphatic carbocycles. The van der Waals surface area contributed by atoms with Crippen molar-refractivity contribution >= 4 is 27.6 Å². The van der Waals surface area contributed by atoms with Gasteiger partial charge < -0.3 is 4.74 Å². The summed E-state index contributed by atoms with van der Waals surface area (Å²) in [6, 6.07) is 10.1. The second-order valence-electron chi connectivity index (χ2n) is 3.74. The summed E-state index contributed by atoms with van der Waals surface area (Å²) >= 11 is 1.35. The first-order valence-electron chi connectivity index (χ1n) is 5.07. The molecule has 3 rings (SSSR count). The van der Waals surface area contributed by atoms with Crippen LogP contribution < -0.4 is 4.74 Å². The third kappa shape index (κ3) is 1.25. The molecule has 0 amide bonds. The fraction of sp³-hybridized carbons (Fsp3) is 0.154. The quantitative estimate of drug-likeness (QED) is 0.752. The monoisotopic (exact) mass is 230 g/mol. The van der Waals surface area contributed by atoms with Crippen molar-refractivity contribution in [2.24, 2.45) is 0 Å². The molecule has 1 aliphatic rings. The maximum absolute atomic E-state index is 11.8. The Hall–Kier alpha value is -1.48. The van der Waals surface area contributed by atoms with Gasteiger partial charge in [-0.05, 0) is 17.0 Å². The lowest BCUT2D eigenvalue weighted by Gasteiger charge is -2.09. The summed E-state index contributed by atoms with van der Waals surface area (Å²) in [6.07, 6.45) is 0. The van der Waals surface area contributed by atoms with Gasteiger partial charge in [0.2, 0.25) is 5.12 Å². The van der Waals surface area contributed by atoms with Crippen LogP contribution in [0.3, 0.4) is 0 Å². The first-order chi connectivity index (χ1) is 7.81. The highest BCUT2D eigenvalue weighted by Crippen LogP contribution is 2.40. The van der Waals surface area contributed by atoms with E-state index in [9.17, 15) is 4.79 Å². The van der Waals surface area contributed by atoms with Gasteiger partial charge in [-0.25, -0.2) is 0 Å². The van der Waals surface area contributed by atoms with Gasteiger partial charge in [-0.3, -0.25) is 4.79 Å². The Kier molecular flexibility index (Phi) is 2.14. The number of fused-ring (bicyclic) bond motifs is 2.